The Morgan fingerprint density at radius 3 is 2.95 bits per heavy atom. The van der Waals surface area contributed by atoms with Crippen LogP contribution >= 0.6 is 0 Å². The number of aryl methyl sites for hydroxylation is 1. The van der Waals surface area contributed by atoms with Gasteiger partial charge in [0.25, 0.3) is 0 Å². The minimum absolute atomic E-state index is 0.345. The highest BCUT2D eigenvalue weighted by atomic mass is 16.5. The van der Waals surface area contributed by atoms with Gasteiger partial charge in [-0.2, -0.15) is 0 Å². The zero-order chi connectivity index (χ0) is 14.8. The van der Waals surface area contributed by atoms with Gasteiger partial charge in [-0.3, -0.25) is 0 Å². The number of methoxy groups -OCH3 is 1. The molecule has 0 amide bonds. The van der Waals surface area contributed by atoms with Crippen LogP contribution in [0.25, 0.3) is 0 Å². The molecule has 21 heavy (non-hydrogen) atoms. The maximum atomic E-state index is 5.53. The minimum atomic E-state index is 0.345. The second-order valence-corrected chi connectivity index (χ2v) is 6.69. The van der Waals surface area contributed by atoms with Crippen LogP contribution in [0.3, 0.4) is 0 Å². The van der Waals surface area contributed by atoms with Crippen molar-refractivity contribution in [2.75, 3.05) is 20.2 Å². The predicted molar refractivity (Wildman–Crippen MR) is 86.9 cm³/mol. The molecule has 0 aromatic heterocycles. The number of benzene rings is 1. The maximum absolute atomic E-state index is 5.53. The van der Waals surface area contributed by atoms with Crippen molar-refractivity contribution in [2.45, 2.75) is 57.7 Å². The summed E-state index contributed by atoms with van der Waals surface area (Å²) in [6.45, 7) is 6.99. The highest BCUT2D eigenvalue weighted by molar-refractivity contribution is 5.38. The predicted octanol–water partition coefficient (Wildman–Crippen LogP) is 3.28. The molecule has 0 bridgehead atoms. The van der Waals surface area contributed by atoms with E-state index < -0.39 is 0 Å². The topological polar surface area (TPSA) is 24.5 Å². The van der Waals surface area contributed by atoms with Gasteiger partial charge in [0.1, 0.15) is 5.75 Å². The lowest BCUT2D eigenvalue weighted by Crippen LogP contribution is -2.46. The normalized spacial score (nSPS) is 27.4. The van der Waals surface area contributed by atoms with Crippen molar-refractivity contribution in [3.05, 3.63) is 29.3 Å². The number of hydrogen-bond donors (Lipinski definition) is 1. The van der Waals surface area contributed by atoms with Gasteiger partial charge in [-0.25, -0.2) is 0 Å². The first-order chi connectivity index (χ1) is 10.2. The number of piperidine rings is 1. The molecule has 0 spiro atoms. The number of nitrogens with zero attached hydrogens (tertiary/aromatic N) is 1. The number of fused-ring (bicyclic) bond motifs is 1. The summed E-state index contributed by atoms with van der Waals surface area (Å²) in [4.78, 5) is 2.68. The Labute approximate surface area is 128 Å². The van der Waals surface area contributed by atoms with E-state index in [4.69, 9.17) is 4.74 Å². The molecule has 1 aromatic rings. The van der Waals surface area contributed by atoms with Crippen molar-refractivity contribution < 1.29 is 4.74 Å². The zero-order valence-corrected chi connectivity index (χ0v) is 13.6. The highest BCUT2D eigenvalue weighted by Gasteiger charge is 2.32. The highest BCUT2D eigenvalue weighted by Crippen LogP contribution is 2.30. The summed E-state index contributed by atoms with van der Waals surface area (Å²) < 4.78 is 5.53. The van der Waals surface area contributed by atoms with Gasteiger partial charge < -0.3 is 15.0 Å². The first-order valence-electron chi connectivity index (χ1n) is 8.32. The maximum Gasteiger partial charge on any atom is 0.123 e. The third kappa shape index (κ3) is 3.24. The van der Waals surface area contributed by atoms with E-state index in [0.717, 1.165) is 11.8 Å². The molecule has 3 heteroatoms. The van der Waals surface area contributed by atoms with E-state index >= 15 is 0 Å². The van der Waals surface area contributed by atoms with Crippen LogP contribution in [-0.4, -0.2) is 37.2 Å². The molecule has 2 fully saturated rings. The molecule has 3 atom stereocenters. The summed E-state index contributed by atoms with van der Waals surface area (Å²) in [5.41, 5.74) is 2.58. The molecule has 1 N–H and O–H groups in total. The van der Waals surface area contributed by atoms with Crippen molar-refractivity contribution in [1.82, 2.24) is 10.2 Å². The third-order valence-electron chi connectivity index (χ3n) is 5.16. The molecule has 0 radical (unpaired) electrons. The van der Waals surface area contributed by atoms with E-state index in [1.807, 2.05) is 0 Å². The van der Waals surface area contributed by atoms with Gasteiger partial charge in [0.05, 0.1) is 7.11 Å². The van der Waals surface area contributed by atoms with Gasteiger partial charge in [0.15, 0.2) is 0 Å². The fourth-order valence-corrected chi connectivity index (χ4v) is 4.01. The summed E-state index contributed by atoms with van der Waals surface area (Å²) in [6.07, 6.45) is 5.35. The smallest absolute Gasteiger partial charge is 0.123 e. The average Bonchev–Trinajstić information content (AvgIpc) is 2.94. The van der Waals surface area contributed by atoms with Crippen LogP contribution in [-0.2, 0) is 0 Å². The van der Waals surface area contributed by atoms with Crippen molar-refractivity contribution in [1.29, 1.82) is 0 Å². The van der Waals surface area contributed by atoms with Gasteiger partial charge in [-0.1, -0.05) is 17.7 Å². The Morgan fingerprint density at radius 1 is 1.29 bits per heavy atom. The molecule has 116 valence electrons. The van der Waals surface area contributed by atoms with E-state index in [2.05, 4.69) is 42.3 Å². The summed E-state index contributed by atoms with van der Waals surface area (Å²) in [5.74, 6) is 0.999. The lowest BCUT2D eigenvalue weighted by atomic mass is 9.95. The van der Waals surface area contributed by atoms with Gasteiger partial charge in [0, 0.05) is 23.7 Å². The summed E-state index contributed by atoms with van der Waals surface area (Å²) in [6, 6.07) is 8.26. The van der Waals surface area contributed by atoms with Crippen LogP contribution in [0, 0.1) is 6.92 Å². The molecule has 3 rings (SSSR count). The summed E-state index contributed by atoms with van der Waals surface area (Å²) in [7, 11) is 1.76. The molecule has 2 saturated heterocycles. The fraction of sp³-hybridized carbons (Fsp3) is 0.667. The van der Waals surface area contributed by atoms with Crippen LogP contribution in [0.5, 0.6) is 5.75 Å². The molecule has 1 aromatic carbocycles. The largest absolute Gasteiger partial charge is 0.496 e. The molecule has 3 nitrogen and oxygen atoms in total. The molecule has 2 heterocycles. The van der Waals surface area contributed by atoms with E-state index in [-0.39, 0.29) is 0 Å². The van der Waals surface area contributed by atoms with Crippen LogP contribution in [0.15, 0.2) is 18.2 Å². The van der Waals surface area contributed by atoms with Gasteiger partial charge in [-0.05, 0) is 58.7 Å². The summed E-state index contributed by atoms with van der Waals surface area (Å²) in [5, 5.41) is 3.84. The zero-order valence-electron chi connectivity index (χ0n) is 13.6. The second-order valence-electron chi connectivity index (χ2n) is 6.69. The number of nitrogens with one attached hydrogen (secondary N) is 1. The number of ether oxygens (including phenoxy) is 1. The van der Waals surface area contributed by atoms with E-state index in [9.17, 15) is 0 Å². The number of hydrogen-bond acceptors (Lipinski definition) is 3. The van der Waals surface area contributed by atoms with Crippen molar-refractivity contribution in [2.24, 2.45) is 0 Å². The Morgan fingerprint density at radius 2 is 2.14 bits per heavy atom. The molecular formula is C18H28N2O. The lowest BCUT2D eigenvalue weighted by Gasteiger charge is -2.36. The van der Waals surface area contributed by atoms with E-state index in [1.54, 1.807) is 7.11 Å². The fourth-order valence-electron chi connectivity index (χ4n) is 4.01. The van der Waals surface area contributed by atoms with Crippen LogP contribution in [0.2, 0.25) is 0 Å². The average molecular weight is 288 g/mol. The Bertz CT molecular complexity index is 488. The van der Waals surface area contributed by atoms with Crippen molar-refractivity contribution in [3.63, 3.8) is 0 Å². The Kier molecular flexibility index (Phi) is 4.51. The molecule has 0 saturated carbocycles. The van der Waals surface area contributed by atoms with Crippen molar-refractivity contribution in [3.8, 4) is 5.75 Å². The molecule has 2 aliphatic heterocycles. The van der Waals surface area contributed by atoms with Gasteiger partial charge in [0.2, 0.25) is 0 Å². The van der Waals surface area contributed by atoms with Gasteiger partial charge >= 0.3 is 0 Å². The minimum Gasteiger partial charge on any atom is -0.496 e. The Balaban J connectivity index is 1.66. The van der Waals surface area contributed by atoms with E-state index in [1.165, 1.54) is 49.9 Å². The molecule has 2 aliphatic rings. The lowest BCUT2D eigenvalue weighted by molar-refractivity contribution is 0.162. The monoisotopic (exact) mass is 288 g/mol. The quantitative estimate of drug-likeness (QED) is 0.920. The molecule has 0 aliphatic carbocycles. The molecule has 3 unspecified atom stereocenters. The van der Waals surface area contributed by atoms with Crippen LogP contribution < -0.4 is 10.1 Å². The first kappa shape index (κ1) is 14.9. The SMILES string of the molecule is COc1ccc(C)cc1C(C)NC1CCN2CCCC2C1. The van der Waals surface area contributed by atoms with E-state index in [0.29, 0.717) is 12.1 Å². The van der Waals surface area contributed by atoms with Gasteiger partial charge in [-0.15, -0.1) is 0 Å². The standard InChI is InChI=1S/C18H28N2O/c1-13-6-7-18(21-3)17(11-13)14(2)19-15-8-10-20-9-4-5-16(20)12-15/h6-7,11,14-16,19H,4-5,8-10,12H2,1-3H3. The third-order valence-corrected chi connectivity index (χ3v) is 5.16. The van der Waals surface area contributed by atoms with Crippen molar-refractivity contribution >= 4 is 0 Å². The van der Waals surface area contributed by atoms with Crippen LogP contribution in [0.4, 0.5) is 0 Å². The Hall–Kier alpha value is -1.06. The summed E-state index contributed by atoms with van der Waals surface area (Å²) >= 11 is 0. The number of rotatable bonds is 4. The molecular weight excluding hydrogens is 260 g/mol. The second kappa shape index (κ2) is 6.37. The van der Waals surface area contributed by atoms with Crippen LogP contribution in [0.1, 0.15) is 49.8 Å². The first-order valence-corrected chi connectivity index (χ1v) is 8.32.